The molecular weight excluding hydrogens is 184 g/mol. The minimum Gasteiger partial charge on any atom is -0.370 e. The lowest BCUT2D eigenvalue weighted by molar-refractivity contribution is 0.821. The van der Waals surface area contributed by atoms with Gasteiger partial charge in [0.25, 0.3) is 0 Å². The van der Waals surface area contributed by atoms with Gasteiger partial charge in [0.05, 0.1) is 0 Å². The summed E-state index contributed by atoms with van der Waals surface area (Å²) in [6, 6.07) is 8.57. The van der Waals surface area contributed by atoms with Crippen LogP contribution < -0.4 is 10.6 Å². The SMILES string of the molecule is Cl.NCCN1CCc2ccccc21. The third kappa shape index (κ3) is 1.95. The molecule has 0 bridgehead atoms. The number of rotatable bonds is 2. The Morgan fingerprint density at radius 3 is 2.85 bits per heavy atom. The normalized spacial score (nSPS) is 13.8. The van der Waals surface area contributed by atoms with Gasteiger partial charge in [-0.3, -0.25) is 0 Å². The molecule has 1 aromatic rings. The van der Waals surface area contributed by atoms with Gasteiger partial charge in [-0.1, -0.05) is 18.2 Å². The summed E-state index contributed by atoms with van der Waals surface area (Å²) >= 11 is 0. The summed E-state index contributed by atoms with van der Waals surface area (Å²) in [5.41, 5.74) is 8.37. The quantitative estimate of drug-likeness (QED) is 0.779. The molecular formula is C10H15ClN2. The first-order chi connectivity index (χ1) is 5.92. The molecule has 0 saturated carbocycles. The van der Waals surface area contributed by atoms with Crippen LogP contribution in [0.25, 0.3) is 0 Å². The molecule has 2 N–H and O–H groups in total. The lowest BCUT2D eigenvalue weighted by atomic mass is 10.2. The number of nitrogens with two attached hydrogens (primary N) is 1. The molecule has 2 nitrogen and oxygen atoms in total. The second kappa shape index (κ2) is 4.49. The van der Waals surface area contributed by atoms with Crippen LogP contribution in [-0.4, -0.2) is 19.6 Å². The molecule has 1 aliphatic heterocycles. The van der Waals surface area contributed by atoms with Gasteiger partial charge >= 0.3 is 0 Å². The van der Waals surface area contributed by atoms with Crippen LogP contribution in [0.15, 0.2) is 24.3 Å². The maximum atomic E-state index is 5.52. The van der Waals surface area contributed by atoms with Crippen molar-refractivity contribution >= 4 is 18.1 Å². The lowest BCUT2D eigenvalue weighted by Gasteiger charge is -2.17. The molecule has 0 fully saturated rings. The van der Waals surface area contributed by atoms with Gasteiger partial charge in [-0.25, -0.2) is 0 Å². The highest BCUT2D eigenvalue weighted by atomic mass is 35.5. The Kier molecular flexibility index (Phi) is 3.58. The topological polar surface area (TPSA) is 29.3 Å². The summed E-state index contributed by atoms with van der Waals surface area (Å²) in [7, 11) is 0. The van der Waals surface area contributed by atoms with Crippen molar-refractivity contribution in [3.8, 4) is 0 Å². The maximum Gasteiger partial charge on any atom is 0.0399 e. The molecule has 0 aliphatic carbocycles. The maximum absolute atomic E-state index is 5.52. The molecule has 1 heterocycles. The monoisotopic (exact) mass is 198 g/mol. The van der Waals surface area contributed by atoms with Crippen LogP contribution in [0.1, 0.15) is 5.56 Å². The zero-order chi connectivity index (χ0) is 8.39. The molecule has 13 heavy (non-hydrogen) atoms. The Balaban J connectivity index is 0.000000845. The standard InChI is InChI=1S/C10H14N2.ClH/c11-6-8-12-7-5-9-3-1-2-4-10(9)12;/h1-4H,5-8,11H2;1H. The zero-order valence-electron chi connectivity index (χ0n) is 7.57. The number of benzene rings is 1. The van der Waals surface area contributed by atoms with Crippen molar-refractivity contribution in [2.24, 2.45) is 5.73 Å². The van der Waals surface area contributed by atoms with E-state index in [1.165, 1.54) is 17.7 Å². The highest BCUT2D eigenvalue weighted by Gasteiger charge is 2.16. The third-order valence-corrected chi connectivity index (χ3v) is 2.38. The minimum absolute atomic E-state index is 0. The van der Waals surface area contributed by atoms with Crippen LogP contribution >= 0.6 is 12.4 Å². The van der Waals surface area contributed by atoms with Crippen molar-refractivity contribution in [2.45, 2.75) is 6.42 Å². The van der Waals surface area contributed by atoms with E-state index >= 15 is 0 Å². The first kappa shape index (κ1) is 10.4. The predicted octanol–water partition coefficient (Wildman–Crippen LogP) is 1.43. The van der Waals surface area contributed by atoms with Crippen molar-refractivity contribution in [3.05, 3.63) is 29.8 Å². The molecule has 0 radical (unpaired) electrons. The number of fused-ring (bicyclic) bond motifs is 1. The van der Waals surface area contributed by atoms with E-state index in [0.717, 1.165) is 19.6 Å². The Labute approximate surface area is 85.1 Å². The van der Waals surface area contributed by atoms with Crippen molar-refractivity contribution in [1.29, 1.82) is 0 Å². The average molecular weight is 199 g/mol. The summed E-state index contributed by atoms with van der Waals surface area (Å²) in [5, 5.41) is 0. The van der Waals surface area contributed by atoms with Gasteiger partial charge in [0.1, 0.15) is 0 Å². The van der Waals surface area contributed by atoms with Crippen LogP contribution in [0.2, 0.25) is 0 Å². The van der Waals surface area contributed by atoms with Crippen LogP contribution in [0.3, 0.4) is 0 Å². The van der Waals surface area contributed by atoms with E-state index in [1.54, 1.807) is 0 Å². The molecule has 0 aromatic heterocycles. The molecule has 2 rings (SSSR count). The summed E-state index contributed by atoms with van der Waals surface area (Å²) in [5.74, 6) is 0. The second-order valence-electron chi connectivity index (χ2n) is 3.15. The van der Waals surface area contributed by atoms with Gasteiger partial charge in [-0.05, 0) is 18.1 Å². The van der Waals surface area contributed by atoms with Crippen LogP contribution in [0.5, 0.6) is 0 Å². The Morgan fingerprint density at radius 1 is 1.31 bits per heavy atom. The molecule has 0 saturated heterocycles. The van der Waals surface area contributed by atoms with E-state index < -0.39 is 0 Å². The molecule has 0 amide bonds. The van der Waals surface area contributed by atoms with E-state index in [1.807, 2.05) is 0 Å². The Hall–Kier alpha value is -0.730. The Morgan fingerprint density at radius 2 is 2.08 bits per heavy atom. The first-order valence-electron chi connectivity index (χ1n) is 4.45. The van der Waals surface area contributed by atoms with E-state index in [2.05, 4.69) is 29.2 Å². The number of hydrogen-bond donors (Lipinski definition) is 1. The molecule has 0 atom stereocenters. The number of anilines is 1. The average Bonchev–Trinajstić information content (AvgIpc) is 2.50. The second-order valence-corrected chi connectivity index (χ2v) is 3.15. The number of nitrogens with zero attached hydrogens (tertiary/aromatic N) is 1. The van der Waals surface area contributed by atoms with E-state index in [0.29, 0.717) is 0 Å². The fraction of sp³-hybridized carbons (Fsp3) is 0.400. The van der Waals surface area contributed by atoms with Crippen molar-refractivity contribution in [2.75, 3.05) is 24.5 Å². The smallest absolute Gasteiger partial charge is 0.0399 e. The van der Waals surface area contributed by atoms with Crippen LogP contribution in [0.4, 0.5) is 5.69 Å². The minimum atomic E-state index is 0. The first-order valence-corrected chi connectivity index (χ1v) is 4.45. The summed E-state index contributed by atoms with van der Waals surface area (Å²) in [6.07, 6.45) is 1.18. The summed E-state index contributed by atoms with van der Waals surface area (Å²) < 4.78 is 0. The fourth-order valence-electron chi connectivity index (χ4n) is 1.79. The van der Waals surface area contributed by atoms with Crippen LogP contribution in [0, 0.1) is 0 Å². The van der Waals surface area contributed by atoms with Gasteiger partial charge in [0.15, 0.2) is 0 Å². The van der Waals surface area contributed by atoms with Crippen molar-refractivity contribution < 1.29 is 0 Å². The number of halogens is 1. The molecule has 1 aromatic carbocycles. The van der Waals surface area contributed by atoms with Gasteiger partial charge in [0, 0.05) is 25.3 Å². The van der Waals surface area contributed by atoms with Gasteiger partial charge in [-0.15, -0.1) is 12.4 Å². The highest BCUT2D eigenvalue weighted by molar-refractivity contribution is 5.85. The number of hydrogen-bond acceptors (Lipinski definition) is 2. The summed E-state index contributed by atoms with van der Waals surface area (Å²) in [6.45, 7) is 2.86. The van der Waals surface area contributed by atoms with E-state index in [9.17, 15) is 0 Å². The summed E-state index contributed by atoms with van der Waals surface area (Å²) in [4.78, 5) is 2.36. The molecule has 3 heteroatoms. The number of para-hydroxylation sites is 1. The van der Waals surface area contributed by atoms with Crippen molar-refractivity contribution in [1.82, 2.24) is 0 Å². The zero-order valence-corrected chi connectivity index (χ0v) is 8.39. The van der Waals surface area contributed by atoms with Gasteiger partial charge in [0.2, 0.25) is 0 Å². The van der Waals surface area contributed by atoms with Gasteiger partial charge in [-0.2, -0.15) is 0 Å². The molecule has 0 spiro atoms. The van der Waals surface area contributed by atoms with Crippen LogP contribution in [-0.2, 0) is 6.42 Å². The van der Waals surface area contributed by atoms with E-state index in [4.69, 9.17) is 5.73 Å². The lowest BCUT2D eigenvalue weighted by Crippen LogP contribution is -2.27. The molecule has 0 unspecified atom stereocenters. The Bertz CT molecular complexity index is 273. The third-order valence-electron chi connectivity index (χ3n) is 2.38. The molecule has 72 valence electrons. The molecule has 1 aliphatic rings. The van der Waals surface area contributed by atoms with Gasteiger partial charge < -0.3 is 10.6 Å². The van der Waals surface area contributed by atoms with Crippen molar-refractivity contribution in [3.63, 3.8) is 0 Å². The predicted molar refractivity (Wildman–Crippen MR) is 58.7 cm³/mol. The van der Waals surface area contributed by atoms with E-state index in [-0.39, 0.29) is 12.4 Å². The fourth-order valence-corrected chi connectivity index (χ4v) is 1.79. The highest BCUT2D eigenvalue weighted by Crippen LogP contribution is 2.26. The largest absolute Gasteiger partial charge is 0.370 e.